The fourth-order valence-corrected chi connectivity index (χ4v) is 11.2. The third-order valence-corrected chi connectivity index (χ3v) is 16.7. The molecule has 1 amide bonds. The molecule has 0 aromatic rings. The number of nitrogens with one attached hydrogen (secondary N) is 1. The largest absolute Gasteiger partial charge is 0.394 e. The van der Waals surface area contributed by atoms with Gasteiger partial charge in [-0.1, -0.05) is 308 Å². The van der Waals surface area contributed by atoms with E-state index in [9.17, 15) is 40.5 Å². The Kier molecular flexibility index (Phi) is 54.6. The van der Waals surface area contributed by atoms with E-state index in [0.717, 1.165) is 38.5 Å². The van der Waals surface area contributed by atoms with E-state index in [1.54, 1.807) is 0 Å². The molecule has 0 bridgehead atoms. The van der Waals surface area contributed by atoms with Crippen molar-refractivity contribution in [2.24, 2.45) is 0 Å². The molecule has 1 rings (SSSR count). The van der Waals surface area contributed by atoms with Crippen LogP contribution in [0, 0.1) is 0 Å². The van der Waals surface area contributed by atoms with Crippen molar-refractivity contribution >= 4 is 5.91 Å². The predicted molar refractivity (Wildman–Crippen MR) is 330 cm³/mol. The van der Waals surface area contributed by atoms with Crippen LogP contribution < -0.4 is 5.32 Å². The normalized spacial score (nSPS) is 19.4. The summed E-state index contributed by atoms with van der Waals surface area (Å²) in [5.41, 5.74) is 0. The second-order valence-electron chi connectivity index (χ2n) is 24.2. The average molecular weight is 1120 g/mol. The lowest BCUT2D eigenvalue weighted by atomic mass is 9.98. The van der Waals surface area contributed by atoms with Gasteiger partial charge >= 0.3 is 0 Å². The van der Waals surface area contributed by atoms with Crippen LogP contribution in [0.4, 0.5) is 0 Å². The van der Waals surface area contributed by atoms with Gasteiger partial charge in [-0.3, -0.25) is 4.79 Å². The first-order valence-electron chi connectivity index (χ1n) is 34.2. The van der Waals surface area contributed by atoms with Crippen molar-refractivity contribution in [3.05, 3.63) is 24.3 Å². The summed E-state index contributed by atoms with van der Waals surface area (Å²) in [6.07, 6.45) is 59.7. The van der Waals surface area contributed by atoms with Gasteiger partial charge in [-0.15, -0.1) is 0 Å². The first kappa shape index (κ1) is 75.6. The van der Waals surface area contributed by atoms with Crippen LogP contribution in [0.1, 0.15) is 335 Å². The molecule has 1 fully saturated rings. The van der Waals surface area contributed by atoms with Crippen LogP contribution in [0.25, 0.3) is 0 Å². The highest BCUT2D eigenvalue weighted by Gasteiger charge is 2.44. The summed E-state index contributed by atoms with van der Waals surface area (Å²) >= 11 is 0. The molecule has 8 N–H and O–H groups in total. The fourth-order valence-electron chi connectivity index (χ4n) is 11.2. The zero-order chi connectivity index (χ0) is 57.5. The average Bonchev–Trinajstić information content (AvgIpc) is 3.46. The lowest BCUT2D eigenvalue weighted by Gasteiger charge is -2.40. The second kappa shape index (κ2) is 57.0. The van der Waals surface area contributed by atoms with E-state index in [0.29, 0.717) is 19.3 Å². The molecular weight excluding hydrogens is 991 g/mol. The molecule has 0 saturated carbocycles. The molecule has 1 heterocycles. The van der Waals surface area contributed by atoms with Gasteiger partial charge in [-0.05, 0) is 51.4 Å². The molecule has 11 heteroatoms. The smallest absolute Gasteiger partial charge is 0.249 e. The van der Waals surface area contributed by atoms with Gasteiger partial charge in [0.15, 0.2) is 6.29 Å². The Labute approximate surface area is 486 Å². The molecule has 468 valence electrons. The Bertz CT molecular complexity index is 1330. The van der Waals surface area contributed by atoms with Crippen LogP contribution in [0.15, 0.2) is 24.3 Å². The van der Waals surface area contributed by atoms with Crippen molar-refractivity contribution in [2.45, 2.75) is 390 Å². The molecule has 11 nitrogen and oxygen atoms in total. The number of ether oxygens (including phenoxy) is 2. The summed E-state index contributed by atoms with van der Waals surface area (Å²) in [6, 6.07) is -1.19. The maximum Gasteiger partial charge on any atom is 0.249 e. The van der Waals surface area contributed by atoms with E-state index in [1.807, 2.05) is 0 Å². The van der Waals surface area contributed by atoms with E-state index < -0.39 is 74.2 Å². The number of hydrogen-bond acceptors (Lipinski definition) is 10. The fraction of sp³-hybridized carbons (Fsp3) is 0.926. The minimum Gasteiger partial charge on any atom is -0.394 e. The van der Waals surface area contributed by atoms with E-state index >= 15 is 0 Å². The van der Waals surface area contributed by atoms with Gasteiger partial charge in [0.2, 0.25) is 5.91 Å². The SMILES string of the molecule is CCCCCCCCCCCCCCCCCCC/C=C/CC/C=C/CCCC(O)C(O)C(COC1OC(CO)C(O)C(O)C1O)NC(=O)C(O)CCCCCCCCCCCCCCCCCCCCCCCCCCCC. The monoisotopic (exact) mass is 1120 g/mol. The molecule has 0 spiro atoms. The highest BCUT2D eigenvalue weighted by Crippen LogP contribution is 2.24. The van der Waals surface area contributed by atoms with Gasteiger partial charge in [0.25, 0.3) is 0 Å². The maximum absolute atomic E-state index is 13.2. The van der Waals surface area contributed by atoms with E-state index in [2.05, 4.69) is 43.5 Å². The Hall–Kier alpha value is -1.41. The molecule has 9 atom stereocenters. The summed E-state index contributed by atoms with van der Waals surface area (Å²) in [5.74, 6) is -0.703. The van der Waals surface area contributed by atoms with Crippen LogP contribution in [0.5, 0.6) is 0 Å². The Balaban J connectivity index is 2.24. The number of hydrogen-bond donors (Lipinski definition) is 8. The van der Waals surface area contributed by atoms with Gasteiger partial charge in [-0.25, -0.2) is 0 Å². The molecule has 79 heavy (non-hydrogen) atoms. The number of amides is 1. The number of unbranched alkanes of at least 4 members (excludes halogenated alkanes) is 44. The van der Waals surface area contributed by atoms with Gasteiger partial charge in [0.05, 0.1) is 25.4 Å². The van der Waals surface area contributed by atoms with Crippen molar-refractivity contribution in [3.63, 3.8) is 0 Å². The molecular formula is C68H131NO10. The standard InChI is InChI=1S/C68H131NO10/c1-3-5-7-9-11-13-15-17-19-21-23-25-27-29-31-33-35-37-39-41-43-45-47-49-51-53-55-60(71)63(73)59(58-78-68-66(76)65(75)64(74)62(57-70)79-68)69-67(77)61(72)56-54-52-50-48-46-44-42-40-38-36-34-32-30-28-26-24-22-20-18-16-14-12-10-8-6-4-2/h39,41,47,49,59-66,68,70-76H,3-38,40,42-46,48,50-58H2,1-2H3,(H,69,77)/b41-39+,49-47+. The Morgan fingerprint density at radius 1 is 0.430 bits per heavy atom. The molecule has 9 unspecified atom stereocenters. The molecule has 0 radical (unpaired) electrons. The molecule has 1 aliphatic heterocycles. The Morgan fingerprint density at radius 2 is 0.759 bits per heavy atom. The summed E-state index contributed by atoms with van der Waals surface area (Å²) < 4.78 is 11.2. The number of aliphatic hydroxyl groups excluding tert-OH is 7. The van der Waals surface area contributed by atoms with Crippen LogP contribution in [0.3, 0.4) is 0 Å². The van der Waals surface area contributed by atoms with Crippen LogP contribution in [-0.4, -0.2) is 110 Å². The van der Waals surface area contributed by atoms with Gasteiger partial charge < -0.3 is 50.5 Å². The highest BCUT2D eigenvalue weighted by atomic mass is 16.7. The predicted octanol–water partition coefficient (Wildman–Crippen LogP) is 16.0. The molecule has 0 aromatic carbocycles. The summed E-state index contributed by atoms with van der Waals surface area (Å²) in [6.45, 7) is 3.49. The first-order chi connectivity index (χ1) is 38.7. The molecule has 1 saturated heterocycles. The van der Waals surface area contributed by atoms with Crippen molar-refractivity contribution in [3.8, 4) is 0 Å². The quantitative estimate of drug-likeness (QED) is 0.0215. The minimum absolute atomic E-state index is 0.249. The summed E-state index contributed by atoms with van der Waals surface area (Å²) in [4.78, 5) is 13.2. The van der Waals surface area contributed by atoms with Gasteiger partial charge in [0.1, 0.15) is 36.6 Å². The lowest BCUT2D eigenvalue weighted by molar-refractivity contribution is -0.303. The van der Waals surface area contributed by atoms with Crippen molar-refractivity contribution < 1.29 is 50.0 Å². The topological polar surface area (TPSA) is 189 Å². The van der Waals surface area contributed by atoms with Crippen LogP contribution in [-0.2, 0) is 14.3 Å². The number of allylic oxidation sites excluding steroid dienone is 4. The molecule has 0 aromatic heterocycles. The number of aliphatic hydroxyl groups is 7. The first-order valence-corrected chi connectivity index (χ1v) is 34.2. The van der Waals surface area contributed by atoms with E-state index in [4.69, 9.17) is 9.47 Å². The number of carbonyl (C=O) groups is 1. The summed E-state index contributed by atoms with van der Waals surface area (Å²) in [7, 11) is 0. The molecule has 0 aliphatic carbocycles. The number of rotatable bonds is 60. The number of carbonyl (C=O) groups excluding carboxylic acids is 1. The lowest BCUT2D eigenvalue weighted by Crippen LogP contribution is -2.60. The third-order valence-electron chi connectivity index (χ3n) is 16.7. The zero-order valence-corrected chi connectivity index (χ0v) is 51.6. The van der Waals surface area contributed by atoms with Crippen LogP contribution in [0.2, 0.25) is 0 Å². The van der Waals surface area contributed by atoms with Gasteiger partial charge in [0, 0.05) is 0 Å². The van der Waals surface area contributed by atoms with Gasteiger partial charge in [-0.2, -0.15) is 0 Å². The van der Waals surface area contributed by atoms with Crippen molar-refractivity contribution in [1.29, 1.82) is 0 Å². The second-order valence-corrected chi connectivity index (χ2v) is 24.2. The van der Waals surface area contributed by atoms with Crippen molar-refractivity contribution in [1.82, 2.24) is 5.32 Å². The summed E-state index contributed by atoms with van der Waals surface area (Å²) in [5, 5.41) is 76.4. The zero-order valence-electron chi connectivity index (χ0n) is 51.6. The van der Waals surface area contributed by atoms with Crippen molar-refractivity contribution in [2.75, 3.05) is 13.2 Å². The maximum atomic E-state index is 13.2. The highest BCUT2D eigenvalue weighted by molar-refractivity contribution is 5.80. The van der Waals surface area contributed by atoms with E-state index in [1.165, 1.54) is 250 Å². The Morgan fingerprint density at radius 3 is 1.13 bits per heavy atom. The van der Waals surface area contributed by atoms with E-state index in [-0.39, 0.29) is 12.8 Å². The molecule has 1 aliphatic rings. The van der Waals surface area contributed by atoms with Crippen LogP contribution >= 0.6 is 0 Å². The third kappa shape index (κ3) is 44.7. The minimum atomic E-state index is -1.67.